The monoisotopic (exact) mass is 243 g/mol. The Morgan fingerprint density at radius 1 is 1.06 bits per heavy atom. The van der Waals surface area contributed by atoms with E-state index in [9.17, 15) is 0 Å². The van der Waals surface area contributed by atoms with Gasteiger partial charge in [-0.05, 0) is 30.2 Å². The van der Waals surface area contributed by atoms with Crippen molar-refractivity contribution >= 4 is 0 Å². The second kappa shape index (κ2) is 6.36. The third-order valence-electron chi connectivity index (χ3n) is 3.03. The first-order valence-corrected chi connectivity index (χ1v) is 6.62. The molecule has 0 aliphatic carbocycles. The summed E-state index contributed by atoms with van der Waals surface area (Å²) < 4.78 is 1.99. The van der Waals surface area contributed by atoms with E-state index >= 15 is 0 Å². The maximum atomic E-state index is 4.54. The van der Waals surface area contributed by atoms with Crippen LogP contribution in [0.5, 0.6) is 0 Å². The minimum Gasteiger partial charge on any atom is -0.311 e. The first kappa shape index (κ1) is 12.8. The molecule has 0 saturated heterocycles. The zero-order valence-electron chi connectivity index (χ0n) is 11.2. The molecule has 1 N–H and O–H groups in total. The van der Waals surface area contributed by atoms with Gasteiger partial charge in [0.05, 0.1) is 12.2 Å². The predicted octanol–water partition coefficient (Wildman–Crippen LogP) is 2.60. The molecule has 2 rings (SSSR count). The highest BCUT2D eigenvalue weighted by Gasteiger charge is 1.99. The molecular formula is C15H21N3. The SMILES string of the molecule is CCNCc1ccn(Cc2ccc(CC)cc2)n1. The lowest BCUT2D eigenvalue weighted by atomic mass is 10.1. The van der Waals surface area contributed by atoms with Gasteiger partial charge in [-0.2, -0.15) is 5.10 Å². The summed E-state index contributed by atoms with van der Waals surface area (Å²) in [6.45, 7) is 6.95. The van der Waals surface area contributed by atoms with E-state index in [1.165, 1.54) is 11.1 Å². The molecule has 0 bridgehead atoms. The van der Waals surface area contributed by atoms with E-state index in [2.05, 4.69) is 54.6 Å². The zero-order valence-corrected chi connectivity index (χ0v) is 11.2. The standard InChI is InChI=1S/C15H21N3/c1-3-13-5-7-14(8-6-13)12-18-10-9-15(17-18)11-16-4-2/h5-10,16H,3-4,11-12H2,1-2H3. The Labute approximate surface area is 109 Å². The van der Waals surface area contributed by atoms with Crippen molar-refractivity contribution in [1.29, 1.82) is 0 Å². The lowest BCUT2D eigenvalue weighted by Gasteiger charge is -2.03. The summed E-state index contributed by atoms with van der Waals surface area (Å²) in [6, 6.07) is 10.8. The number of aryl methyl sites for hydroxylation is 1. The van der Waals surface area contributed by atoms with Crippen molar-refractivity contribution in [3.05, 3.63) is 53.3 Å². The number of hydrogen-bond acceptors (Lipinski definition) is 2. The smallest absolute Gasteiger partial charge is 0.0762 e. The quantitative estimate of drug-likeness (QED) is 0.845. The Bertz CT molecular complexity index is 471. The van der Waals surface area contributed by atoms with E-state index in [0.717, 1.165) is 31.7 Å². The third-order valence-corrected chi connectivity index (χ3v) is 3.03. The van der Waals surface area contributed by atoms with Crippen molar-refractivity contribution in [2.24, 2.45) is 0 Å². The molecule has 0 fully saturated rings. The highest BCUT2D eigenvalue weighted by molar-refractivity contribution is 5.22. The van der Waals surface area contributed by atoms with Gasteiger partial charge in [-0.3, -0.25) is 4.68 Å². The van der Waals surface area contributed by atoms with Crippen molar-refractivity contribution < 1.29 is 0 Å². The Balaban J connectivity index is 1.97. The second-order valence-electron chi connectivity index (χ2n) is 4.46. The maximum Gasteiger partial charge on any atom is 0.0762 e. The van der Waals surface area contributed by atoms with Crippen LogP contribution >= 0.6 is 0 Å². The fraction of sp³-hybridized carbons (Fsp3) is 0.400. The molecule has 1 heterocycles. The minimum absolute atomic E-state index is 0.843. The average molecular weight is 243 g/mol. The maximum absolute atomic E-state index is 4.54. The molecule has 0 aliphatic rings. The van der Waals surface area contributed by atoms with Gasteiger partial charge in [0.1, 0.15) is 0 Å². The molecule has 18 heavy (non-hydrogen) atoms. The van der Waals surface area contributed by atoms with E-state index in [1.54, 1.807) is 0 Å². The van der Waals surface area contributed by atoms with Crippen molar-refractivity contribution in [3.8, 4) is 0 Å². The number of aromatic nitrogens is 2. The molecule has 1 aromatic heterocycles. The van der Waals surface area contributed by atoms with Crippen LogP contribution < -0.4 is 5.32 Å². The van der Waals surface area contributed by atoms with Crippen LogP contribution in [0.1, 0.15) is 30.7 Å². The lowest BCUT2D eigenvalue weighted by Crippen LogP contribution is -2.12. The van der Waals surface area contributed by atoms with Crippen LogP contribution in [0.2, 0.25) is 0 Å². The van der Waals surface area contributed by atoms with Crippen LogP contribution in [-0.4, -0.2) is 16.3 Å². The average Bonchev–Trinajstić information content (AvgIpc) is 2.85. The summed E-state index contributed by atoms with van der Waals surface area (Å²) in [4.78, 5) is 0. The normalized spacial score (nSPS) is 10.8. The number of benzene rings is 1. The van der Waals surface area contributed by atoms with Gasteiger partial charge in [0.15, 0.2) is 0 Å². The molecule has 96 valence electrons. The Morgan fingerprint density at radius 3 is 2.44 bits per heavy atom. The largest absolute Gasteiger partial charge is 0.311 e. The van der Waals surface area contributed by atoms with Crippen LogP contribution in [0.4, 0.5) is 0 Å². The Kier molecular flexibility index (Phi) is 4.53. The third kappa shape index (κ3) is 3.44. The van der Waals surface area contributed by atoms with Gasteiger partial charge in [-0.15, -0.1) is 0 Å². The lowest BCUT2D eigenvalue weighted by molar-refractivity contribution is 0.644. The van der Waals surface area contributed by atoms with Gasteiger partial charge in [0.2, 0.25) is 0 Å². The number of rotatable bonds is 6. The van der Waals surface area contributed by atoms with Crippen LogP contribution in [0.15, 0.2) is 36.5 Å². The summed E-state index contributed by atoms with van der Waals surface area (Å²) in [7, 11) is 0. The highest BCUT2D eigenvalue weighted by Crippen LogP contribution is 2.07. The molecule has 0 atom stereocenters. The summed E-state index contributed by atoms with van der Waals surface area (Å²) in [5.41, 5.74) is 3.78. The molecule has 0 radical (unpaired) electrons. The minimum atomic E-state index is 0.843. The Morgan fingerprint density at radius 2 is 1.78 bits per heavy atom. The molecular weight excluding hydrogens is 222 g/mol. The van der Waals surface area contributed by atoms with Crippen molar-refractivity contribution in [1.82, 2.24) is 15.1 Å². The fourth-order valence-corrected chi connectivity index (χ4v) is 1.91. The van der Waals surface area contributed by atoms with Crippen molar-refractivity contribution in [2.45, 2.75) is 33.4 Å². The first-order valence-electron chi connectivity index (χ1n) is 6.62. The van der Waals surface area contributed by atoms with Gasteiger partial charge in [0, 0.05) is 12.7 Å². The van der Waals surface area contributed by atoms with Crippen molar-refractivity contribution in [2.75, 3.05) is 6.54 Å². The van der Waals surface area contributed by atoms with Crippen LogP contribution in [0.25, 0.3) is 0 Å². The van der Waals surface area contributed by atoms with Gasteiger partial charge >= 0.3 is 0 Å². The molecule has 0 unspecified atom stereocenters. The highest BCUT2D eigenvalue weighted by atomic mass is 15.3. The van der Waals surface area contributed by atoms with Gasteiger partial charge in [-0.25, -0.2) is 0 Å². The van der Waals surface area contributed by atoms with Crippen LogP contribution in [0.3, 0.4) is 0 Å². The molecule has 1 aromatic carbocycles. The second-order valence-corrected chi connectivity index (χ2v) is 4.46. The summed E-state index contributed by atoms with van der Waals surface area (Å²) >= 11 is 0. The molecule has 0 saturated carbocycles. The summed E-state index contributed by atoms with van der Waals surface area (Å²) in [5, 5.41) is 7.82. The zero-order chi connectivity index (χ0) is 12.8. The molecule has 0 aliphatic heterocycles. The van der Waals surface area contributed by atoms with Gasteiger partial charge < -0.3 is 5.32 Å². The molecule has 2 aromatic rings. The molecule has 0 spiro atoms. The van der Waals surface area contributed by atoms with Gasteiger partial charge in [-0.1, -0.05) is 38.1 Å². The first-order chi connectivity index (χ1) is 8.81. The molecule has 3 nitrogen and oxygen atoms in total. The van der Waals surface area contributed by atoms with E-state index in [0.29, 0.717) is 0 Å². The number of hydrogen-bond donors (Lipinski definition) is 1. The fourth-order valence-electron chi connectivity index (χ4n) is 1.91. The molecule has 3 heteroatoms. The summed E-state index contributed by atoms with van der Waals surface area (Å²) in [5.74, 6) is 0. The Hall–Kier alpha value is -1.61. The topological polar surface area (TPSA) is 29.9 Å². The number of nitrogens with one attached hydrogen (secondary N) is 1. The van der Waals surface area contributed by atoms with Crippen LogP contribution in [-0.2, 0) is 19.5 Å². The van der Waals surface area contributed by atoms with Gasteiger partial charge in [0.25, 0.3) is 0 Å². The van der Waals surface area contributed by atoms with E-state index < -0.39 is 0 Å². The van der Waals surface area contributed by atoms with E-state index in [1.807, 2.05) is 10.9 Å². The van der Waals surface area contributed by atoms with E-state index in [-0.39, 0.29) is 0 Å². The number of nitrogens with zero attached hydrogens (tertiary/aromatic N) is 2. The predicted molar refractivity (Wildman–Crippen MR) is 74.5 cm³/mol. The summed E-state index contributed by atoms with van der Waals surface area (Å²) in [6.07, 6.45) is 3.13. The van der Waals surface area contributed by atoms with E-state index in [4.69, 9.17) is 0 Å². The van der Waals surface area contributed by atoms with Crippen LogP contribution in [0, 0.1) is 0 Å². The molecule has 0 amide bonds. The van der Waals surface area contributed by atoms with Crippen molar-refractivity contribution in [3.63, 3.8) is 0 Å².